The van der Waals surface area contributed by atoms with Gasteiger partial charge < -0.3 is 39.5 Å². The monoisotopic (exact) mass is 434 g/mol. The molecule has 13 nitrogen and oxygen atoms in total. The largest absolute Gasteiger partial charge is 0.472 e. The van der Waals surface area contributed by atoms with Crippen molar-refractivity contribution < 1.29 is 62.2 Å². The van der Waals surface area contributed by atoms with Gasteiger partial charge in [0.1, 0.15) is 38.4 Å². The third-order valence-corrected chi connectivity index (χ3v) is 5.51. The van der Waals surface area contributed by atoms with Crippen molar-refractivity contribution in [3.05, 3.63) is 0 Å². The van der Waals surface area contributed by atoms with Crippen molar-refractivity contribution in [1.29, 1.82) is 0 Å². The predicted octanol–water partition coefficient (Wildman–Crippen LogP) is -2.64. The Morgan fingerprint density at radius 1 is 0.926 bits per heavy atom. The summed E-state index contributed by atoms with van der Waals surface area (Å²) in [7, 11) is -4.30. The lowest BCUT2D eigenvalue weighted by molar-refractivity contribution is -0.0334. The van der Waals surface area contributed by atoms with Gasteiger partial charge in [0.15, 0.2) is 0 Å². The van der Waals surface area contributed by atoms with Crippen LogP contribution in [0, 0.1) is 0 Å². The van der Waals surface area contributed by atoms with E-state index >= 15 is 0 Å². The lowest BCUT2D eigenvalue weighted by Crippen LogP contribution is -2.37. The summed E-state index contributed by atoms with van der Waals surface area (Å²) < 4.78 is 46.9. The lowest BCUT2D eigenvalue weighted by atomic mass is 9.93. The molecule has 16 heteroatoms. The molecule has 5 unspecified atom stereocenters. The van der Waals surface area contributed by atoms with Crippen LogP contribution in [0.5, 0.6) is 0 Å². The van der Waals surface area contributed by atoms with E-state index in [0.717, 1.165) is 0 Å². The summed E-state index contributed by atoms with van der Waals surface area (Å²) in [5.41, 5.74) is 0. The third kappa shape index (κ3) is 6.28. The number of aliphatic hydroxyl groups is 3. The Morgan fingerprint density at radius 2 is 1.52 bits per heavy atom. The van der Waals surface area contributed by atoms with E-state index in [0.29, 0.717) is 0 Å². The Bertz CT molecular complexity index is 601. The fraction of sp³-hybridized carbons (Fsp3) is 1.00. The molecule has 6 N–H and O–H groups in total. The van der Waals surface area contributed by atoms with Crippen molar-refractivity contribution in [3.8, 4) is 0 Å². The minimum Gasteiger partial charge on any atom is -0.388 e. The van der Waals surface area contributed by atoms with Crippen LogP contribution in [0.2, 0.25) is 0 Å². The fourth-order valence-electron chi connectivity index (χ4n) is 2.62. The molecule has 2 aliphatic rings. The molecule has 2 saturated heterocycles. The summed E-state index contributed by atoms with van der Waals surface area (Å²) in [4.78, 5) is 27.3. The van der Waals surface area contributed by atoms with Gasteiger partial charge in [-0.1, -0.05) is 0 Å². The molecule has 0 aromatic heterocycles. The van der Waals surface area contributed by atoms with E-state index in [1.165, 1.54) is 6.92 Å². The van der Waals surface area contributed by atoms with Gasteiger partial charge in [0.05, 0.1) is 25.4 Å². The van der Waals surface area contributed by atoms with Crippen LogP contribution in [0.3, 0.4) is 0 Å². The van der Waals surface area contributed by atoms with E-state index < -0.39 is 77.6 Å². The highest BCUT2D eigenvalue weighted by Crippen LogP contribution is 2.48. The van der Waals surface area contributed by atoms with Crippen LogP contribution in [0.4, 0.5) is 0 Å². The number of hydrogen-bond donors (Lipinski definition) is 6. The number of ether oxygens (including phenoxy) is 2. The number of phosphoric ester groups is 2. The highest BCUT2D eigenvalue weighted by Gasteiger charge is 2.48. The van der Waals surface area contributed by atoms with Crippen LogP contribution in [-0.2, 0) is 32.2 Å². The molecule has 0 aliphatic carbocycles. The van der Waals surface area contributed by atoms with E-state index in [4.69, 9.17) is 36.2 Å². The Hall–Kier alpha value is 0.0849. The van der Waals surface area contributed by atoms with Gasteiger partial charge in [-0.2, -0.15) is 0 Å². The highest BCUT2D eigenvalue weighted by atomic mass is 31.2. The minimum absolute atomic E-state index is 0.664. The molecule has 2 aliphatic heterocycles. The van der Waals surface area contributed by atoms with Gasteiger partial charge in [-0.15, -0.1) is 0 Å². The Balaban J connectivity index is 1.95. The molecule has 0 aromatic carbocycles. The van der Waals surface area contributed by atoms with Gasteiger partial charge in [0, 0.05) is 6.00 Å². The van der Waals surface area contributed by atoms with Crippen molar-refractivity contribution in [1.82, 2.24) is 0 Å². The van der Waals surface area contributed by atoms with E-state index in [1.807, 2.05) is 0 Å². The molecule has 0 saturated carbocycles. The number of phosphoric acid groups is 2. The van der Waals surface area contributed by atoms with E-state index in [1.54, 1.807) is 0 Å². The zero-order valence-corrected chi connectivity index (χ0v) is 15.8. The smallest absolute Gasteiger partial charge is 0.388 e. The predicted molar refractivity (Wildman–Crippen MR) is 85.4 cm³/mol. The standard InChI is InChI=1S/C11H21BO13P2/c1-4-7(13)10(6(23-4)3-21-26(16,17)18)25-27(19,20)22-2-5-8(14)9(15)11(12)24-5/h4-11,13-15H,2-3H2,1H3,(H,19,20)(H2,16,17,18)/t4-,5+,6+,7?,8?,9?,10?,11+/m0/s1. The molecule has 2 radical (unpaired) electrons. The SMILES string of the molecule is [B][C@@H]1O[C@H](COP(=O)(O)OC2C(O)[C@H](C)O[C@@H]2COP(=O)(O)O)C(O)C1O. The van der Waals surface area contributed by atoms with Crippen molar-refractivity contribution in [2.75, 3.05) is 13.2 Å². The first kappa shape index (κ1) is 23.4. The zero-order chi connectivity index (χ0) is 20.6. The molecule has 156 valence electrons. The first-order valence-corrected chi connectivity index (χ1v) is 10.8. The Labute approximate surface area is 155 Å². The topological polar surface area (TPSA) is 202 Å². The van der Waals surface area contributed by atoms with Gasteiger partial charge in [0.2, 0.25) is 0 Å². The average Bonchev–Trinajstić information content (AvgIpc) is 2.95. The van der Waals surface area contributed by atoms with Crippen molar-refractivity contribution in [2.45, 2.75) is 55.7 Å². The second kappa shape index (κ2) is 8.84. The van der Waals surface area contributed by atoms with Gasteiger partial charge in [-0.3, -0.25) is 13.6 Å². The third-order valence-electron chi connectivity index (χ3n) is 4.04. The summed E-state index contributed by atoms with van der Waals surface area (Å²) in [5, 5.41) is 29.2. The maximum Gasteiger partial charge on any atom is 0.472 e. The Morgan fingerprint density at radius 3 is 2.04 bits per heavy atom. The van der Waals surface area contributed by atoms with Crippen LogP contribution in [-0.4, -0.2) is 99.8 Å². The van der Waals surface area contributed by atoms with Crippen LogP contribution in [0.1, 0.15) is 6.92 Å². The van der Waals surface area contributed by atoms with Crippen molar-refractivity contribution in [2.24, 2.45) is 0 Å². The molecule has 0 amide bonds. The second-order valence-electron chi connectivity index (χ2n) is 6.11. The van der Waals surface area contributed by atoms with Gasteiger partial charge in [0.25, 0.3) is 0 Å². The first-order chi connectivity index (χ1) is 12.3. The van der Waals surface area contributed by atoms with Gasteiger partial charge >= 0.3 is 15.6 Å². The first-order valence-electron chi connectivity index (χ1n) is 7.77. The molecular weight excluding hydrogens is 413 g/mol. The molecule has 2 fully saturated rings. The molecule has 2 rings (SSSR count). The van der Waals surface area contributed by atoms with Gasteiger partial charge in [-0.25, -0.2) is 9.13 Å². The molecule has 9 atom stereocenters. The number of hydrogen-bond acceptors (Lipinski definition) is 10. The maximum absolute atomic E-state index is 12.1. The quantitative estimate of drug-likeness (QED) is 0.171. The van der Waals surface area contributed by atoms with Crippen LogP contribution in [0.15, 0.2) is 0 Å². The van der Waals surface area contributed by atoms with E-state index in [-0.39, 0.29) is 0 Å². The summed E-state index contributed by atoms with van der Waals surface area (Å²) in [6.45, 7) is 0.0254. The van der Waals surface area contributed by atoms with Crippen LogP contribution >= 0.6 is 15.6 Å². The molecular formula is C11H21BO13P2. The highest BCUT2D eigenvalue weighted by molar-refractivity contribution is 7.47. The summed E-state index contributed by atoms with van der Waals surface area (Å²) in [6, 6.07) is -1.20. The van der Waals surface area contributed by atoms with Crippen molar-refractivity contribution in [3.63, 3.8) is 0 Å². The fourth-order valence-corrected chi connectivity index (χ4v) is 3.93. The maximum atomic E-state index is 12.1. The Kier molecular flexibility index (Phi) is 7.65. The van der Waals surface area contributed by atoms with Gasteiger partial charge in [-0.05, 0) is 6.92 Å². The molecule has 0 bridgehead atoms. The number of aliphatic hydroxyl groups excluding tert-OH is 3. The minimum atomic E-state index is -4.84. The average molecular weight is 434 g/mol. The summed E-state index contributed by atoms with van der Waals surface area (Å²) in [6.07, 6.45) is -9.12. The molecule has 27 heavy (non-hydrogen) atoms. The number of rotatable bonds is 8. The second-order valence-corrected chi connectivity index (χ2v) is 8.76. The molecule has 2 heterocycles. The summed E-state index contributed by atoms with van der Waals surface area (Å²) >= 11 is 0. The summed E-state index contributed by atoms with van der Waals surface area (Å²) in [5.74, 6) is 0. The molecule has 0 spiro atoms. The normalized spacial score (nSPS) is 42.3. The zero-order valence-electron chi connectivity index (χ0n) is 14.0. The van der Waals surface area contributed by atoms with Crippen LogP contribution < -0.4 is 0 Å². The van der Waals surface area contributed by atoms with E-state index in [9.17, 15) is 29.3 Å². The van der Waals surface area contributed by atoms with Crippen LogP contribution in [0.25, 0.3) is 0 Å². The van der Waals surface area contributed by atoms with E-state index in [2.05, 4.69) is 4.52 Å². The lowest BCUT2D eigenvalue weighted by Gasteiger charge is -2.24. The molecule has 0 aromatic rings. The van der Waals surface area contributed by atoms with Crippen molar-refractivity contribution >= 4 is 23.5 Å².